The van der Waals surface area contributed by atoms with Gasteiger partial charge in [0, 0.05) is 4.88 Å². The van der Waals surface area contributed by atoms with Crippen LogP contribution in [0.1, 0.15) is 20.2 Å². The van der Waals surface area contributed by atoms with Crippen LogP contribution in [0.5, 0.6) is 0 Å². The summed E-state index contributed by atoms with van der Waals surface area (Å²) in [5, 5.41) is 4.53. The standard InChI is InChI=1S/C9H8N2O2S/c1-5-8(11-6(2)14-5)9-7(4-12)3-10-13-9/h3-4H,1-2H3. The van der Waals surface area contributed by atoms with Crippen LogP contribution >= 0.6 is 11.3 Å². The molecule has 2 heterocycles. The number of aryl methyl sites for hydroxylation is 2. The van der Waals surface area contributed by atoms with Gasteiger partial charge in [-0.15, -0.1) is 11.3 Å². The van der Waals surface area contributed by atoms with Crippen LogP contribution in [0.15, 0.2) is 10.7 Å². The maximum atomic E-state index is 10.7. The van der Waals surface area contributed by atoms with E-state index in [-0.39, 0.29) is 0 Å². The minimum absolute atomic E-state index is 0.443. The van der Waals surface area contributed by atoms with Crippen LogP contribution in [-0.4, -0.2) is 16.4 Å². The minimum atomic E-state index is 0.443. The highest BCUT2D eigenvalue weighted by molar-refractivity contribution is 7.11. The van der Waals surface area contributed by atoms with E-state index in [4.69, 9.17) is 4.52 Å². The third-order valence-electron chi connectivity index (χ3n) is 1.84. The van der Waals surface area contributed by atoms with Gasteiger partial charge >= 0.3 is 0 Å². The zero-order valence-electron chi connectivity index (χ0n) is 7.77. The molecule has 0 amide bonds. The summed E-state index contributed by atoms with van der Waals surface area (Å²) in [6.07, 6.45) is 2.12. The van der Waals surface area contributed by atoms with Gasteiger partial charge in [0.25, 0.3) is 0 Å². The molecule has 0 saturated carbocycles. The van der Waals surface area contributed by atoms with Gasteiger partial charge in [-0.1, -0.05) is 5.16 Å². The molecule has 0 aliphatic heterocycles. The fraction of sp³-hybridized carbons (Fsp3) is 0.222. The Balaban J connectivity index is 2.59. The van der Waals surface area contributed by atoms with Gasteiger partial charge in [-0.2, -0.15) is 0 Å². The van der Waals surface area contributed by atoms with E-state index >= 15 is 0 Å². The first kappa shape index (κ1) is 9.08. The molecule has 4 nitrogen and oxygen atoms in total. The van der Waals surface area contributed by atoms with Crippen molar-refractivity contribution in [1.29, 1.82) is 0 Å². The van der Waals surface area contributed by atoms with Crippen LogP contribution in [0.2, 0.25) is 0 Å². The molecule has 0 atom stereocenters. The lowest BCUT2D eigenvalue weighted by Crippen LogP contribution is -1.83. The van der Waals surface area contributed by atoms with Crippen molar-refractivity contribution < 1.29 is 9.32 Å². The number of aromatic nitrogens is 2. The van der Waals surface area contributed by atoms with Gasteiger partial charge in [0.1, 0.15) is 5.69 Å². The molecule has 0 saturated heterocycles. The van der Waals surface area contributed by atoms with Crippen molar-refractivity contribution in [1.82, 2.24) is 10.1 Å². The van der Waals surface area contributed by atoms with Crippen LogP contribution in [0.4, 0.5) is 0 Å². The Morgan fingerprint density at radius 3 is 2.86 bits per heavy atom. The Bertz CT molecular complexity index is 473. The monoisotopic (exact) mass is 208 g/mol. The van der Waals surface area contributed by atoms with Crippen LogP contribution < -0.4 is 0 Å². The summed E-state index contributed by atoms with van der Waals surface area (Å²) >= 11 is 1.57. The Morgan fingerprint density at radius 1 is 1.50 bits per heavy atom. The first-order valence-electron chi connectivity index (χ1n) is 4.06. The molecule has 0 spiro atoms. The van der Waals surface area contributed by atoms with Gasteiger partial charge in [0.15, 0.2) is 12.0 Å². The number of thiazole rings is 1. The van der Waals surface area contributed by atoms with Gasteiger partial charge < -0.3 is 4.52 Å². The van der Waals surface area contributed by atoms with Crippen molar-refractivity contribution in [3.8, 4) is 11.5 Å². The highest BCUT2D eigenvalue weighted by atomic mass is 32.1. The second-order valence-corrected chi connectivity index (χ2v) is 4.27. The summed E-state index contributed by atoms with van der Waals surface area (Å²) in [5.41, 5.74) is 1.16. The van der Waals surface area contributed by atoms with Crippen LogP contribution in [0, 0.1) is 13.8 Å². The SMILES string of the molecule is Cc1nc(-c2oncc2C=O)c(C)s1. The maximum Gasteiger partial charge on any atom is 0.196 e. The molecule has 0 aliphatic rings. The van der Waals surface area contributed by atoms with Crippen molar-refractivity contribution in [2.24, 2.45) is 0 Å². The Kier molecular flexibility index (Phi) is 2.17. The summed E-state index contributed by atoms with van der Waals surface area (Å²) in [5.74, 6) is 0.460. The lowest BCUT2D eigenvalue weighted by atomic mass is 10.2. The zero-order chi connectivity index (χ0) is 10.1. The smallest absolute Gasteiger partial charge is 0.196 e. The van der Waals surface area contributed by atoms with E-state index in [1.807, 2.05) is 13.8 Å². The van der Waals surface area contributed by atoms with E-state index < -0.39 is 0 Å². The van der Waals surface area contributed by atoms with E-state index in [0.717, 1.165) is 16.2 Å². The summed E-state index contributed by atoms with van der Waals surface area (Å²) in [4.78, 5) is 16.0. The largest absolute Gasteiger partial charge is 0.354 e. The summed E-state index contributed by atoms with van der Waals surface area (Å²) < 4.78 is 5.00. The Morgan fingerprint density at radius 2 is 2.29 bits per heavy atom. The lowest BCUT2D eigenvalue weighted by molar-refractivity contribution is 0.112. The van der Waals surface area contributed by atoms with Crippen LogP contribution in [-0.2, 0) is 0 Å². The van der Waals surface area contributed by atoms with E-state index in [0.29, 0.717) is 17.0 Å². The maximum absolute atomic E-state index is 10.7. The number of carbonyl (C=O) groups excluding carboxylic acids is 1. The van der Waals surface area contributed by atoms with E-state index in [1.165, 1.54) is 6.20 Å². The lowest BCUT2D eigenvalue weighted by Gasteiger charge is -1.91. The third kappa shape index (κ3) is 1.35. The quantitative estimate of drug-likeness (QED) is 0.710. The van der Waals surface area contributed by atoms with Crippen LogP contribution in [0.25, 0.3) is 11.5 Å². The first-order valence-corrected chi connectivity index (χ1v) is 4.88. The highest BCUT2D eigenvalue weighted by Crippen LogP contribution is 2.28. The molecule has 2 aromatic rings. The predicted molar refractivity (Wildman–Crippen MR) is 52.5 cm³/mol. The summed E-state index contributed by atoms with van der Waals surface area (Å²) in [7, 11) is 0. The Labute approximate surface area is 84.6 Å². The molecule has 0 aromatic carbocycles. The first-order chi connectivity index (χ1) is 6.72. The molecule has 72 valence electrons. The van der Waals surface area contributed by atoms with Gasteiger partial charge in [0.05, 0.1) is 16.8 Å². The van der Waals surface area contributed by atoms with Crippen LogP contribution in [0.3, 0.4) is 0 Å². The topological polar surface area (TPSA) is 56.0 Å². The predicted octanol–water partition coefficient (Wildman–Crippen LogP) is 2.23. The van der Waals surface area contributed by atoms with Crippen molar-refractivity contribution in [3.63, 3.8) is 0 Å². The molecule has 0 radical (unpaired) electrons. The van der Waals surface area contributed by atoms with Crippen molar-refractivity contribution in [2.75, 3.05) is 0 Å². The molecule has 5 heteroatoms. The van der Waals surface area contributed by atoms with Gasteiger partial charge in [-0.05, 0) is 13.8 Å². The van der Waals surface area contributed by atoms with E-state index in [2.05, 4.69) is 10.1 Å². The molecule has 0 unspecified atom stereocenters. The number of carbonyl (C=O) groups is 1. The van der Waals surface area contributed by atoms with Gasteiger partial charge in [-0.25, -0.2) is 4.98 Å². The molecule has 14 heavy (non-hydrogen) atoms. The second-order valence-electron chi connectivity index (χ2n) is 2.87. The average Bonchev–Trinajstić information content (AvgIpc) is 2.71. The number of nitrogens with zero attached hydrogens (tertiary/aromatic N) is 2. The normalized spacial score (nSPS) is 10.4. The molecule has 0 bridgehead atoms. The fourth-order valence-electron chi connectivity index (χ4n) is 1.25. The number of rotatable bonds is 2. The highest BCUT2D eigenvalue weighted by Gasteiger charge is 2.15. The van der Waals surface area contributed by atoms with Crippen molar-refractivity contribution in [2.45, 2.75) is 13.8 Å². The van der Waals surface area contributed by atoms with E-state index in [9.17, 15) is 4.79 Å². The van der Waals surface area contributed by atoms with E-state index in [1.54, 1.807) is 11.3 Å². The van der Waals surface area contributed by atoms with Gasteiger partial charge in [-0.3, -0.25) is 4.79 Å². The molecule has 0 N–H and O–H groups in total. The number of hydrogen-bond donors (Lipinski definition) is 0. The molecule has 2 aromatic heterocycles. The van der Waals surface area contributed by atoms with Crippen molar-refractivity contribution in [3.05, 3.63) is 21.6 Å². The number of aldehydes is 1. The molecule has 2 rings (SSSR count). The zero-order valence-corrected chi connectivity index (χ0v) is 8.59. The summed E-state index contributed by atoms with van der Waals surface area (Å²) in [6.45, 7) is 3.86. The second kappa shape index (κ2) is 3.34. The molecule has 0 aliphatic carbocycles. The third-order valence-corrected chi connectivity index (χ3v) is 2.73. The van der Waals surface area contributed by atoms with Crippen molar-refractivity contribution >= 4 is 17.6 Å². The molecular formula is C9H8N2O2S. The average molecular weight is 208 g/mol. The Hall–Kier alpha value is -1.49. The molecule has 0 fully saturated rings. The van der Waals surface area contributed by atoms with Gasteiger partial charge in [0.2, 0.25) is 0 Å². The summed E-state index contributed by atoms with van der Waals surface area (Å²) in [6, 6.07) is 0. The molecular weight excluding hydrogens is 200 g/mol. The fourth-order valence-corrected chi connectivity index (χ4v) is 2.07. The number of hydrogen-bond acceptors (Lipinski definition) is 5. The minimum Gasteiger partial charge on any atom is -0.354 e.